The number of para-hydroxylation sites is 1. The molecular weight excluding hydrogens is 262 g/mol. The van der Waals surface area contributed by atoms with Crippen LogP contribution in [0.1, 0.15) is 40.2 Å². The Bertz CT molecular complexity index is 647. The molecule has 1 N–H and O–H groups in total. The molecule has 3 nitrogen and oxygen atoms in total. The summed E-state index contributed by atoms with van der Waals surface area (Å²) in [6.45, 7) is 0.703. The average molecular weight is 281 g/mol. The van der Waals surface area contributed by atoms with E-state index in [1.54, 1.807) is 6.07 Å². The van der Waals surface area contributed by atoms with E-state index in [1.807, 2.05) is 18.2 Å². The van der Waals surface area contributed by atoms with Crippen LogP contribution < -0.4 is 5.32 Å². The van der Waals surface area contributed by atoms with Crippen molar-refractivity contribution >= 4 is 11.7 Å². The van der Waals surface area contributed by atoms with Gasteiger partial charge in [-0.2, -0.15) is 0 Å². The molecule has 0 atom stereocenters. The van der Waals surface area contributed by atoms with Crippen molar-refractivity contribution in [2.45, 2.75) is 25.3 Å². The van der Waals surface area contributed by atoms with Crippen LogP contribution in [0.2, 0.25) is 0 Å². The zero-order chi connectivity index (χ0) is 14.7. The van der Waals surface area contributed by atoms with E-state index in [9.17, 15) is 4.79 Å². The van der Waals surface area contributed by atoms with Gasteiger partial charge in [-0.25, -0.2) is 4.79 Å². The maximum absolute atomic E-state index is 11.7. The number of nitrogens with one attached hydrogen (secondary N) is 1. The Morgan fingerprint density at radius 1 is 1.19 bits per heavy atom. The second-order valence-corrected chi connectivity index (χ2v) is 5.41. The van der Waals surface area contributed by atoms with E-state index >= 15 is 0 Å². The maximum atomic E-state index is 11.7. The SMILES string of the molecule is COC(=O)c1ccccc1NCc1cccc(C2CC2)c1. The predicted molar refractivity (Wildman–Crippen MR) is 83.5 cm³/mol. The largest absolute Gasteiger partial charge is 0.465 e. The van der Waals surface area contributed by atoms with Crippen molar-refractivity contribution in [2.24, 2.45) is 0 Å². The molecule has 1 aliphatic carbocycles. The van der Waals surface area contributed by atoms with Crippen LogP contribution >= 0.6 is 0 Å². The van der Waals surface area contributed by atoms with Gasteiger partial charge in [0.15, 0.2) is 0 Å². The van der Waals surface area contributed by atoms with Gasteiger partial charge in [-0.3, -0.25) is 0 Å². The summed E-state index contributed by atoms with van der Waals surface area (Å²) >= 11 is 0. The molecule has 2 aromatic rings. The molecule has 1 saturated carbocycles. The number of esters is 1. The lowest BCUT2D eigenvalue weighted by Gasteiger charge is -2.11. The highest BCUT2D eigenvalue weighted by atomic mass is 16.5. The lowest BCUT2D eigenvalue weighted by molar-refractivity contribution is 0.0602. The number of ether oxygens (including phenoxy) is 1. The monoisotopic (exact) mass is 281 g/mol. The predicted octanol–water partition coefficient (Wildman–Crippen LogP) is 3.96. The fourth-order valence-corrected chi connectivity index (χ4v) is 2.50. The number of carbonyl (C=O) groups excluding carboxylic acids is 1. The smallest absolute Gasteiger partial charge is 0.339 e. The Morgan fingerprint density at radius 2 is 2.00 bits per heavy atom. The van der Waals surface area contributed by atoms with Gasteiger partial charge in [0.2, 0.25) is 0 Å². The Kier molecular flexibility index (Phi) is 3.91. The first-order valence-corrected chi connectivity index (χ1v) is 7.28. The molecule has 0 amide bonds. The Morgan fingerprint density at radius 3 is 2.76 bits per heavy atom. The first kappa shape index (κ1) is 13.7. The Labute approximate surface area is 124 Å². The zero-order valence-electron chi connectivity index (χ0n) is 12.1. The van der Waals surface area contributed by atoms with E-state index in [-0.39, 0.29) is 5.97 Å². The average Bonchev–Trinajstić information content (AvgIpc) is 3.38. The molecule has 0 aliphatic heterocycles. The minimum absolute atomic E-state index is 0.315. The second-order valence-electron chi connectivity index (χ2n) is 5.41. The van der Waals surface area contributed by atoms with E-state index in [0.717, 1.165) is 11.6 Å². The van der Waals surface area contributed by atoms with E-state index in [2.05, 4.69) is 29.6 Å². The molecule has 2 aromatic carbocycles. The normalized spacial score (nSPS) is 13.8. The summed E-state index contributed by atoms with van der Waals surface area (Å²) in [5.41, 5.74) is 4.04. The third-order valence-electron chi connectivity index (χ3n) is 3.82. The number of rotatable bonds is 5. The van der Waals surface area contributed by atoms with Crippen molar-refractivity contribution in [3.8, 4) is 0 Å². The highest BCUT2D eigenvalue weighted by molar-refractivity contribution is 5.95. The second kappa shape index (κ2) is 6.00. The highest BCUT2D eigenvalue weighted by Crippen LogP contribution is 2.40. The van der Waals surface area contributed by atoms with Gasteiger partial charge in [0.25, 0.3) is 0 Å². The van der Waals surface area contributed by atoms with Crippen molar-refractivity contribution in [1.29, 1.82) is 0 Å². The topological polar surface area (TPSA) is 38.3 Å². The van der Waals surface area contributed by atoms with Gasteiger partial charge in [0.05, 0.1) is 12.7 Å². The van der Waals surface area contributed by atoms with Gasteiger partial charge >= 0.3 is 5.97 Å². The van der Waals surface area contributed by atoms with Crippen LogP contribution in [0.25, 0.3) is 0 Å². The van der Waals surface area contributed by atoms with Crippen LogP contribution in [0.3, 0.4) is 0 Å². The summed E-state index contributed by atoms with van der Waals surface area (Å²) in [5, 5.41) is 3.33. The van der Waals surface area contributed by atoms with Crippen LogP contribution in [0.4, 0.5) is 5.69 Å². The summed E-state index contributed by atoms with van der Waals surface area (Å²) in [6.07, 6.45) is 2.62. The molecule has 3 heteroatoms. The molecule has 0 spiro atoms. The molecule has 1 aliphatic rings. The minimum atomic E-state index is -0.315. The molecular formula is C18H19NO2. The quantitative estimate of drug-likeness (QED) is 0.843. The number of carbonyl (C=O) groups is 1. The molecule has 0 bridgehead atoms. The van der Waals surface area contributed by atoms with Gasteiger partial charge < -0.3 is 10.1 Å². The number of hydrogen-bond acceptors (Lipinski definition) is 3. The van der Waals surface area contributed by atoms with Crippen molar-refractivity contribution in [3.63, 3.8) is 0 Å². The van der Waals surface area contributed by atoms with Crippen LogP contribution in [0, 0.1) is 0 Å². The van der Waals surface area contributed by atoms with Crippen molar-refractivity contribution in [2.75, 3.05) is 12.4 Å². The maximum Gasteiger partial charge on any atom is 0.339 e. The van der Waals surface area contributed by atoms with Gasteiger partial charge in [0.1, 0.15) is 0 Å². The molecule has 0 saturated heterocycles. The molecule has 0 radical (unpaired) electrons. The standard InChI is InChI=1S/C18H19NO2/c1-21-18(20)16-7-2-3-8-17(16)19-12-13-5-4-6-15(11-13)14-9-10-14/h2-8,11,14,19H,9-10,12H2,1H3. The molecule has 21 heavy (non-hydrogen) atoms. The summed E-state index contributed by atoms with van der Waals surface area (Å²) in [6, 6.07) is 16.1. The highest BCUT2D eigenvalue weighted by Gasteiger charge is 2.23. The molecule has 0 aromatic heterocycles. The summed E-state index contributed by atoms with van der Waals surface area (Å²) in [4.78, 5) is 11.7. The Hall–Kier alpha value is -2.29. The fourth-order valence-electron chi connectivity index (χ4n) is 2.50. The number of benzene rings is 2. The van der Waals surface area contributed by atoms with Crippen LogP contribution in [0.15, 0.2) is 48.5 Å². The lowest BCUT2D eigenvalue weighted by atomic mass is 10.1. The summed E-state index contributed by atoms with van der Waals surface area (Å²) in [7, 11) is 1.40. The van der Waals surface area contributed by atoms with E-state index in [1.165, 1.54) is 31.1 Å². The summed E-state index contributed by atoms with van der Waals surface area (Å²) < 4.78 is 4.81. The summed E-state index contributed by atoms with van der Waals surface area (Å²) in [5.74, 6) is 0.442. The third kappa shape index (κ3) is 3.24. The van der Waals surface area contributed by atoms with Crippen LogP contribution in [0.5, 0.6) is 0 Å². The molecule has 1 fully saturated rings. The number of hydrogen-bond donors (Lipinski definition) is 1. The molecule has 108 valence electrons. The van der Waals surface area contributed by atoms with Crippen molar-refractivity contribution in [3.05, 3.63) is 65.2 Å². The van der Waals surface area contributed by atoms with E-state index < -0.39 is 0 Å². The van der Waals surface area contributed by atoms with Gasteiger partial charge in [-0.05, 0) is 42.0 Å². The first-order valence-electron chi connectivity index (χ1n) is 7.28. The zero-order valence-corrected chi connectivity index (χ0v) is 12.1. The minimum Gasteiger partial charge on any atom is -0.465 e. The first-order chi connectivity index (χ1) is 10.3. The van der Waals surface area contributed by atoms with Gasteiger partial charge in [-0.1, -0.05) is 36.4 Å². The number of anilines is 1. The van der Waals surface area contributed by atoms with Gasteiger partial charge in [-0.15, -0.1) is 0 Å². The third-order valence-corrected chi connectivity index (χ3v) is 3.82. The number of methoxy groups -OCH3 is 1. The molecule has 0 heterocycles. The molecule has 0 unspecified atom stereocenters. The molecule has 3 rings (SSSR count). The van der Waals surface area contributed by atoms with E-state index in [4.69, 9.17) is 4.74 Å². The Balaban J connectivity index is 1.73. The van der Waals surface area contributed by atoms with Crippen molar-refractivity contribution < 1.29 is 9.53 Å². The lowest BCUT2D eigenvalue weighted by Crippen LogP contribution is -2.08. The fraction of sp³-hybridized carbons (Fsp3) is 0.278. The van der Waals surface area contributed by atoms with Gasteiger partial charge in [0, 0.05) is 12.2 Å². The van der Waals surface area contributed by atoms with E-state index in [0.29, 0.717) is 12.1 Å². The van der Waals surface area contributed by atoms with Crippen LogP contribution in [-0.4, -0.2) is 13.1 Å². The van der Waals surface area contributed by atoms with Crippen molar-refractivity contribution in [1.82, 2.24) is 0 Å². The van der Waals surface area contributed by atoms with Crippen LogP contribution in [-0.2, 0) is 11.3 Å².